The second kappa shape index (κ2) is 10.5. The number of methoxy groups -OCH3 is 1. The van der Waals surface area contributed by atoms with E-state index in [0.717, 1.165) is 48.0 Å². The summed E-state index contributed by atoms with van der Waals surface area (Å²) in [6, 6.07) is 1.73. The van der Waals surface area contributed by atoms with Crippen LogP contribution in [0.25, 0.3) is 16.6 Å². The highest BCUT2D eigenvalue weighted by Crippen LogP contribution is 2.37. The molecule has 3 aromatic heterocycles. The average molecular weight is 465 g/mol. The third kappa shape index (κ3) is 5.66. The molecule has 33 heavy (non-hydrogen) atoms. The Balaban J connectivity index is 1.66. The lowest BCUT2D eigenvalue weighted by Gasteiger charge is -2.25. The van der Waals surface area contributed by atoms with Crippen LogP contribution < -0.4 is 5.32 Å². The van der Waals surface area contributed by atoms with Crippen LogP contribution in [0, 0.1) is 0 Å². The number of rotatable bonds is 10. The van der Waals surface area contributed by atoms with Gasteiger partial charge in [-0.15, -0.1) is 5.10 Å². The van der Waals surface area contributed by atoms with Gasteiger partial charge in [0.2, 0.25) is 5.95 Å². The van der Waals surface area contributed by atoms with Crippen molar-refractivity contribution in [3.8, 4) is 11.1 Å². The average Bonchev–Trinajstić information content (AvgIpc) is 3.41. The van der Waals surface area contributed by atoms with Crippen LogP contribution in [-0.2, 0) is 16.0 Å². The first kappa shape index (κ1) is 23.5. The Labute approximate surface area is 190 Å². The van der Waals surface area contributed by atoms with Gasteiger partial charge in [0.25, 0.3) is 0 Å². The van der Waals surface area contributed by atoms with Gasteiger partial charge in [-0.3, -0.25) is 4.68 Å². The van der Waals surface area contributed by atoms with Crippen molar-refractivity contribution in [1.29, 1.82) is 0 Å². The summed E-state index contributed by atoms with van der Waals surface area (Å²) in [5, 5.41) is 22.1. The molecule has 1 aliphatic carbocycles. The monoisotopic (exact) mass is 464 g/mol. The van der Waals surface area contributed by atoms with Gasteiger partial charge in [0.1, 0.15) is 0 Å². The van der Waals surface area contributed by atoms with Crippen molar-refractivity contribution in [3.63, 3.8) is 0 Å². The molecule has 0 spiro atoms. The molecule has 3 aromatic rings. The Morgan fingerprint density at radius 2 is 2.03 bits per heavy atom. The molecule has 0 bridgehead atoms. The number of nitrogens with one attached hydrogen (secondary N) is 1. The number of aliphatic hydroxyl groups is 1. The van der Waals surface area contributed by atoms with Crippen LogP contribution in [0.4, 0.5) is 14.7 Å². The summed E-state index contributed by atoms with van der Waals surface area (Å²) in [6.45, 7) is -0.0287. The fourth-order valence-electron chi connectivity index (χ4n) is 4.26. The van der Waals surface area contributed by atoms with Crippen molar-refractivity contribution in [2.75, 3.05) is 25.6 Å². The Bertz CT molecular complexity index is 1050. The summed E-state index contributed by atoms with van der Waals surface area (Å²) in [7, 11) is 1.66. The summed E-state index contributed by atoms with van der Waals surface area (Å²) in [5.41, 5.74) is 3.80. The van der Waals surface area contributed by atoms with E-state index < -0.39 is 12.7 Å². The molecule has 1 atom stereocenters. The maximum atomic E-state index is 12.3. The largest absolute Gasteiger partial charge is 0.393 e. The van der Waals surface area contributed by atoms with E-state index in [1.165, 1.54) is 0 Å². The molecule has 2 N–H and O–H groups in total. The first-order chi connectivity index (χ1) is 15.9. The molecule has 4 rings (SSSR count). The Kier molecular flexibility index (Phi) is 7.51. The van der Waals surface area contributed by atoms with Crippen molar-refractivity contribution in [2.45, 2.75) is 63.8 Å². The highest BCUT2D eigenvalue weighted by Gasteiger charge is 2.26. The summed E-state index contributed by atoms with van der Waals surface area (Å²) in [5.74, 6) is 0.587. The van der Waals surface area contributed by atoms with Gasteiger partial charge in [0, 0.05) is 42.1 Å². The summed E-state index contributed by atoms with van der Waals surface area (Å²) >= 11 is 0. The molecular weight excluding hydrogens is 434 g/mol. The van der Waals surface area contributed by atoms with E-state index in [1.54, 1.807) is 20.2 Å². The van der Waals surface area contributed by atoms with Crippen LogP contribution in [0.5, 0.6) is 0 Å². The SMILES string of the molecule is COCCn1cc(-c2cc([C@H]3CC[C@H](O)CC3)n3nc(N[C@@H](C)COC(F)F)ncc23)cn1. The maximum absolute atomic E-state index is 12.3. The second-order valence-corrected chi connectivity index (χ2v) is 8.49. The lowest BCUT2D eigenvalue weighted by atomic mass is 9.85. The summed E-state index contributed by atoms with van der Waals surface area (Å²) < 4.78 is 37.9. The third-order valence-electron chi connectivity index (χ3n) is 5.98. The topological polar surface area (TPSA) is 98.7 Å². The van der Waals surface area contributed by atoms with E-state index in [-0.39, 0.29) is 18.6 Å². The van der Waals surface area contributed by atoms with E-state index in [9.17, 15) is 13.9 Å². The van der Waals surface area contributed by atoms with E-state index in [1.807, 2.05) is 21.6 Å². The number of fused-ring (bicyclic) bond motifs is 1. The van der Waals surface area contributed by atoms with Gasteiger partial charge in [0.15, 0.2) is 0 Å². The number of anilines is 1. The smallest absolute Gasteiger partial charge is 0.345 e. The van der Waals surface area contributed by atoms with Gasteiger partial charge in [-0.1, -0.05) is 0 Å². The predicted molar refractivity (Wildman–Crippen MR) is 118 cm³/mol. The van der Waals surface area contributed by atoms with Gasteiger partial charge in [-0.25, -0.2) is 9.50 Å². The molecule has 9 nitrogen and oxygen atoms in total. The number of ether oxygens (including phenoxy) is 2. The molecule has 0 aromatic carbocycles. The maximum Gasteiger partial charge on any atom is 0.345 e. The first-order valence-corrected chi connectivity index (χ1v) is 11.2. The first-order valence-electron chi connectivity index (χ1n) is 11.2. The van der Waals surface area contributed by atoms with Gasteiger partial charge in [-0.05, 0) is 38.7 Å². The lowest BCUT2D eigenvalue weighted by Crippen LogP contribution is -2.25. The van der Waals surface area contributed by atoms with Crippen molar-refractivity contribution in [3.05, 3.63) is 30.4 Å². The highest BCUT2D eigenvalue weighted by atomic mass is 19.3. The van der Waals surface area contributed by atoms with E-state index in [4.69, 9.17) is 4.74 Å². The normalized spacial score (nSPS) is 19.9. The Hall–Kier alpha value is -2.63. The van der Waals surface area contributed by atoms with Crippen molar-refractivity contribution >= 4 is 11.5 Å². The van der Waals surface area contributed by atoms with Gasteiger partial charge < -0.3 is 19.9 Å². The van der Waals surface area contributed by atoms with E-state index in [0.29, 0.717) is 19.1 Å². The Morgan fingerprint density at radius 3 is 2.76 bits per heavy atom. The van der Waals surface area contributed by atoms with Crippen LogP contribution >= 0.6 is 0 Å². The van der Waals surface area contributed by atoms with Crippen LogP contribution in [-0.4, -0.2) is 68.6 Å². The Morgan fingerprint density at radius 1 is 1.24 bits per heavy atom. The number of nitrogens with zero attached hydrogens (tertiary/aromatic N) is 5. The van der Waals surface area contributed by atoms with E-state index in [2.05, 4.69) is 31.3 Å². The zero-order valence-corrected chi connectivity index (χ0v) is 18.8. The van der Waals surface area contributed by atoms with Gasteiger partial charge >= 0.3 is 6.61 Å². The molecule has 180 valence electrons. The quantitative estimate of drug-likeness (QED) is 0.475. The zero-order chi connectivity index (χ0) is 23.4. The molecule has 0 aliphatic heterocycles. The van der Waals surface area contributed by atoms with Crippen LogP contribution in [0.3, 0.4) is 0 Å². The zero-order valence-electron chi connectivity index (χ0n) is 18.8. The molecule has 0 radical (unpaired) electrons. The van der Waals surface area contributed by atoms with Crippen LogP contribution in [0.2, 0.25) is 0 Å². The van der Waals surface area contributed by atoms with Crippen LogP contribution in [0.15, 0.2) is 24.7 Å². The minimum absolute atomic E-state index is 0.163. The van der Waals surface area contributed by atoms with E-state index >= 15 is 0 Å². The highest BCUT2D eigenvalue weighted by molar-refractivity contribution is 5.81. The van der Waals surface area contributed by atoms with Gasteiger partial charge in [0.05, 0.1) is 43.8 Å². The van der Waals surface area contributed by atoms with Crippen molar-refractivity contribution < 1.29 is 23.4 Å². The molecule has 11 heteroatoms. The molecule has 3 heterocycles. The van der Waals surface area contributed by atoms with Crippen LogP contribution in [0.1, 0.15) is 44.2 Å². The molecule has 1 fully saturated rings. The number of aromatic nitrogens is 5. The molecule has 0 amide bonds. The van der Waals surface area contributed by atoms with Gasteiger partial charge in [-0.2, -0.15) is 13.9 Å². The second-order valence-electron chi connectivity index (χ2n) is 8.49. The molecule has 0 unspecified atom stereocenters. The molecular formula is C22H30F2N6O3. The van der Waals surface area contributed by atoms with Crippen molar-refractivity contribution in [2.24, 2.45) is 0 Å². The number of alkyl halides is 2. The standard InChI is InChI=1S/C22H30F2N6O3/c1-14(13-33-21(23)24)27-22-25-11-20-18(16-10-26-29(12-16)7-8-32-2)9-19(30(20)28-22)15-3-5-17(31)6-4-15/h9-12,14-15,17,21,31H,3-8,13H2,1-2H3,(H,27,28)/t14-,15-,17-/m0/s1. The lowest BCUT2D eigenvalue weighted by molar-refractivity contribution is -0.130. The third-order valence-corrected chi connectivity index (χ3v) is 5.98. The number of aliphatic hydroxyl groups excluding tert-OH is 1. The number of hydrogen-bond acceptors (Lipinski definition) is 7. The fraction of sp³-hybridized carbons (Fsp3) is 0.591. The van der Waals surface area contributed by atoms with Crippen molar-refractivity contribution in [1.82, 2.24) is 24.4 Å². The molecule has 1 saturated carbocycles. The minimum atomic E-state index is -2.82. The minimum Gasteiger partial charge on any atom is -0.393 e. The fourth-order valence-corrected chi connectivity index (χ4v) is 4.26. The number of halogens is 2. The molecule has 0 saturated heterocycles. The number of hydrogen-bond donors (Lipinski definition) is 2. The predicted octanol–water partition coefficient (Wildman–Crippen LogP) is 3.30. The summed E-state index contributed by atoms with van der Waals surface area (Å²) in [4.78, 5) is 4.41. The summed E-state index contributed by atoms with van der Waals surface area (Å²) in [6.07, 6.45) is 8.50. The molecule has 1 aliphatic rings.